The number of nitrogens with zero attached hydrogens (tertiary/aromatic N) is 5. The fraction of sp³-hybridized carbons (Fsp3) is 0.333. The number of carbonyl (C=O) groups is 2. The zero-order valence-electron chi connectivity index (χ0n) is 24.3. The Balaban J connectivity index is 1.35. The van der Waals surface area contributed by atoms with Crippen LogP contribution in [-0.2, 0) is 13.1 Å². The molecule has 1 saturated heterocycles. The topological polar surface area (TPSA) is 63.0 Å². The number of aromatic nitrogens is 2. The summed E-state index contributed by atoms with van der Waals surface area (Å²) in [6.07, 6.45) is 0.965. The normalized spacial score (nSPS) is 15.6. The van der Waals surface area contributed by atoms with Gasteiger partial charge in [-0.1, -0.05) is 18.2 Å². The molecule has 8 nitrogen and oxygen atoms in total. The van der Waals surface area contributed by atoms with E-state index >= 15 is 0 Å². The standard InChI is InChI=1S/C33H37N5O3/c1-23-10-11-24(2)38(23)29-14-12-25(20-31(29)41-4)32(39)37-22-27-13-15-30(33(40)35-17-7-16-34(3)18-19-35)36(27)21-26-8-5-6-9-28(26)37/h5-6,8-15,20H,7,16-19,21-22H2,1-4H3. The number of carbonyl (C=O) groups excluding carboxylic acids is 2. The minimum absolute atomic E-state index is 0.0553. The van der Waals surface area contributed by atoms with Crippen LogP contribution in [0.15, 0.2) is 66.7 Å². The summed E-state index contributed by atoms with van der Waals surface area (Å²) in [6, 6.07) is 21.7. The number of ether oxygens (including phenoxy) is 1. The second-order valence-corrected chi connectivity index (χ2v) is 11.1. The van der Waals surface area contributed by atoms with Crippen LogP contribution in [0.4, 0.5) is 5.69 Å². The highest BCUT2D eigenvalue weighted by molar-refractivity contribution is 6.07. The van der Waals surface area contributed by atoms with Crippen LogP contribution in [0, 0.1) is 13.8 Å². The van der Waals surface area contributed by atoms with Gasteiger partial charge in [-0.05, 0) is 88.0 Å². The fourth-order valence-corrected chi connectivity index (χ4v) is 6.14. The van der Waals surface area contributed by atoms with Crippen LogP contribution < -0.4 is 9.64 Å². The fourth-order valence-electron chi connectivity index (χ4n) is 6.14. The van der Waals surface area contributed by atoms with Gasteiger partial charge in [0.05, 0.1) is 25.9 Å². The molecule has 4 heterocycles. The molecule has 0 saturated carbocycles. The van der Waals surface area contributed by atoms with Crippen LogP contribution >= 0.6 is 0 Å². The molecule has 2 amide bonds. The number of likely N-dealkylation sites (N-methyl/N-ethyl adjacent to an activating group) is 1. The van der Waals surface area contributed by atoms with Crippen molar-refractivity contribution in [1.82, 2.24) is 18.9 Å². The highest BCUT2D eigenvalue weighted by Gasteiger charge is 2.29. The van der Waals surface area contributed by atoms with Crippen molar-refractivity contribution in [3.05, 3.63) is 101 Å². The zero-order chi connectivity index (χ0) is 28.7. The van der Waals surface area contributed by atoms with Gasteiger partial charge in [-0.2, -0.15) is 0 Å². The monoisotopic (exact) mass is 551 g/mol. The largest absolute Gasteiger partial charge is 0.495 e. The number of fused-ring (bicyclic) bond motifs is 2. The summed E-state index contributed by atoms with van der Waals surface area (Å²) in [4.78, 5) is 33.9. The number of amides is 2. The molecule has 0 bridgehead atoms. The summed E-state index contributed by atoms with van der Waals surface area (Å²) in [7, 11) is 3.74. The summed E-state index contributed by atoms with van der Waals surface area (Å²) >= 11 is 0. The number of benzene rings is 2. The van der Waals surface area contributed by atoms with Crippen molar-refractivity contribution < 1.29 is 14.3 Å². The molecule has 2 aliphatic rings. The Morgan fingerprint density at radius 3 is 2.34 bits per heavy atom. The van der Waals surface area contributed by atoms with Gasteiger partial charge in [0.25, 0.3) is 11.8 Å². The predicted molar refractivity (Wildman–Crippen MR) is 160 cm³/mol. The van der Waals surface area contributed by atoms with Crippen LogP contribution in [0.3, 0.4) is 0 Å². The summed E-state index contributed by atoms with van der Waals surface area (Å²) in [5, 5.41) is 0. The van der Waals surface area contributed by atoms with Gasteiger partial charge in [0.1, 0.15) is 11.4 Å². The maximum absolute atomic E-state index is 14.2. The number of aryl methyl sites for hydroxylation is 2. The molecular formula is C33H37N5O3. The predicted octanol–water partition coefficient (Wildman–Crippen LogP) is 4.89. The Kier molecular flexibility index (Phi) is 7.17. The molecule has 0 atom stereocenters. The molecule has 2 aromatic carbocycles. The molecular weight excluding hydrogens is 514 g/mol. The lowest BCUT2D eigenvalue weighted by atomic mass is 10.1. The summed E-state index contributed by atoms with van der Waals surface area (Å²) in [6.45, 7) is 8.35. The molecule has 1 fully saturated rings. The lowest BCUT2D eigenvalue weighted by Gasteiger charge is -2.23. The van der Waals surface area contributed by atoms with Crippen molar-refractivity contribution in [3.8, 4) is 11.4 Å². The number of para-hydroxylation sites is 1. The Morgan fingerprint density at radius 1 is 0.780 bits per heavy atom. The Hall–Kier alpha value is -4.30. The Morgan fingerprint density at radius 2 is 1.56 bits per heavy atom. The molecule has 2 aromatic heterocycles. The number of hydrogen-bond donors (Lipinski definition) is 0. The quantitative estimate of drug-likeness (QED) is 0.362. The SMILES string of the molecule is COc1cc(C(=O)N2Cc3ccc(C(=O)N4CCCN(C)CC4)n3Cc3ccccc32)ccc1-n1c(C)ccc1C. The average Bonchev–Trinajstić information content (AvgIpc) is 3.38. The van der Waals surface area contributed by atoms with E-state index in [0.29, 0.717) is 30.1 Å². The van der Waals surface area contributed by atoms with E-state index in [9.17, 15) is 9.59 Å². The molecule has 41 heavy (non-hydrogen) atoms. The van der Waals surface area contributed by atoms with Gasteiger partial charge >= 0.3 is 0 Å². The summed E-state index contributed by atoms with van der Waals surface area (Å²) < 4.78 is 9.98. The van der Waals surface area contributed by atoms with Crippen LogP contribution in [0.2, 0.25) is 0 Å². The summed E-state index contributed by atoms with van der Waals surface area (Å²) in [5.41, 5.74) is 7.12. The molecule has 4 aromatic rings. The van der Waals surface area contributed by atoms with Crippen molar-refractivity contribution in [3.63, 3.8) is 0 Å². The number of anilines is 1. The molecule has 212 valence electrons. The first-order valence-electron chi connectivity index (χ1n) is 14.2. The van der Waals surface area contributed by atoms with Crippen LogP contribution in [0.5, 0.6) is 5.75 Å². The molecule has 0 aliphatic carbocycles. The van der Waals surface area contributed by atoms with E-state index in [1.54, 1.807) is 7.11 Å². The molecule has 0 unspecified atom stereocenters. The maximum Gasteiger partial charge on any atom is 0.270 e. The number of methoxy groups -OCH3 is 1. The van der Waals surface area contributed by atoms with E-state index in [2.05, 4.69) is 47.1 Å². The molecule has 8 heteroatoms. The zero-order valence-corrected chi connectivity index (χ0v) is 24.3. The van der Waals surface area contributed by atoms with Gasteiger partial charge in [-0.25, -0.2) is 0 Å². The van der Waals surface area contributed by atoms with Gasteiger partial charge in [0.15, 0.2) is 0 Å². The third-order valence-corrected chi connectivity index (χ3v) is 8.41. The van der Waals surface area contributed by atoms with Crippen molar-refractivity contribution in [2.24, 2.45) is 0 Å². The van der Waals surface area contributed by atoms with E-state index < -0.39 is 0 Å². The average molecular weight is 552 g/mol. The van der Waals surface area contributed by atoms with Crippen molar-refractivity contribution in [2.75, 3.05) is 45.2 Å². The molecule has 6 rings (SSSR count). The second-order valence-electron chi connectivity index (χ2n) is 11.1. The van der Waals surface area contributed by atoms with E-state index in [1.807, 2.05) is 64.4 Å². The highest BCUT2D eigenvalue weighted by atomic mass is 16.5. The van der Waals surface area contributed by atoms with Gasteiger partial charge in [0, 0.05) is 48.0 Å². The van der Waals surface area contributed by atoms with Gasteiger partial charge < -0.3 is 28.6 Å². The van der Waals surface area contributed by atoms with Gasteiger partial charge in [-0.15, -0.1) is 0 Å². The van der Waals surface area contributed by atoms with Crippen molar-refractivity contribution in [2.45, 2.75) is 33.4 Å². The van der Waals surface area contributed by atoms with E-state index in [1.165, 1.54) is 0 Å². The summed E-state index contributed by atoms with van der Waals surface area (Å²) in [5.74, 6) is 0.585. The van der Waals surface area contributed by atoms with Gasteiger partial charge in [0.2, 0.25) is 0 Å². The Bertz CT molecular complexity index is 1600. The second kappa shape index (κ2) is 10.9. The van der Waals surface area contributed by atoms with E-state index in [-0.39, 0.29) is 11.8 Å². The van der Waals surface area contributed by atoms with Crippen LogP contribution in [-0.4, -0.2) is 71.1 Å². The smallest absolute Gasteiger partial charge is 0.270 e. The first kappa shape index (κ1) is 26.9. The third-order valence-electron chi connectivity index (χ3n) is 8.41. The minimum Gasteiger partial charge on any atom is -0.495 e. The molecule has 2 aliphatic heterocycles. The Labute approximate surface area is 241 Å². The number of rotatable bonds is 4. The minimum atomic E-state index is -0.110. The number of hydrogen-bond acceptors (Lipinski definition) is 4. The van der Waals surface area contributed by atoms with Crippen molar-refractivity contribution in [1.29, 1.82) is 0 Å². The molecule has 0 spiro atoms. The van der Waals surface area contributed by atoms with E-state index in [0.717, 1.165) is 66.6 Å². The maximum atomic E-state index is 14.2. The first-order chi connectivity index (χ1) is 19.9. The molecule has 0 N–H and O–H groups in total. The van der Waals surface area contributed by atoms with Crippen LogP contribution in [0.1, 0.15) is 49.9 Å². The van der Waals surface area contributed by atoms with Crippen LogP contribution in [0.25, 0.3) is 5.69 Å². The lowest BCUT2D eigenvalue weighted by Crippen LogP contribution is -2.35. The highest BCUT2D eigenvalue weighted by Crippen LogP contribution is 2.33. The lowest BCUT2D eigenvalue weighted by molar-refractivity contribution is 0.0752. The van der Waals surface area contributed by atoms with Crippen molar-refractivity contribution >= 4 is 17.5 Å². The third kappa shape index (κ3) is 4.93. The molecule has 0 radical (unpaired) electrons. The van der Waals surface area contributed by atoms with Gasteiger partial charge in [-0.3, -0.25) is 9.59 Å². The van der Waals surface area contributed by atoms with E-state index in [4.69, 9.17) is 4.74 Å². The first-order valence-corrected chi connectivity index (χ1v) is 14.2.